The Kier molecular flexibility index (Phi) is 3.69. The van der Waals surface area contributed by atoms with E-state index in [-0.39, 0.29) is 5.89 Å². The lowest BCUT2D eigenvalue weighted by Crippen LogP contribution is -1.87. The molecular formula is C11H8ClN3O3. The van der Waals surface area contributed by atoms with Crippen LogP contribution in [0, 0.1) is 0 Å². The maximum absolute atomic E-state index is 10.5. The van der Waals surface area contributed by atoms with Gasteiger partial charge in [0.25, 0.3) is 0 Å². The van der Waals surface area contributed by atoms with Gasteiger partial charge < -0.3 is 9.15 Å². The van der Waals surface area contributed by atoms with Crippen molar-refractivity contribution in [2.24, 2.45) is 0 Å². The molecule has 0 bridgehead atoms. The van der Waals surface area contributed by atoms with Gasteiger partial charge in [0.05, 0.1) is 7.11 Å². The van der Waals surface area contributed by atoms with Crippen LogP contribution in [0.4, 0.5) is 0 Å². The first-order valence-electron chi connectivity index (χ1n) is 4.90. The zero-order chi connectivity index (χ0) is 13.0. The Bertz CT molecular complexity index is 595. The summed E-state index contributed by atoms with van der Waals surface area (Å²) in [4.78, 5) is 14.5. The highest BCUT2D eigenvalue weighted by Crippen LogP contribution is 2.20. The molecule has 0 saturated heterocycles. The van der Waals surface area contributed by atoms with Gasteiger partial charge in [-0.3, -0.25) is 4.79 Å². The number of carbonyl (C=O) groups excluding carboxylic acids is 1. The number of hydrogen-bond donors (Lipinski definition) is 0. The third-order valence-corrected chi connectivity index (χ3v) is 2.11. The Hall–Kier alpha value is -2.21. The van der Waals surface area contributed by atoms with E-state index in [1.165, 1.54) is 13.2 Å². The lowest BCUT2D eigenvalue weighted by atomic mass is 10.3. The van der Waals surface area contributed by atoms with Crippen molar-refractivity contribution in [3.8, 4) is 17.3 Å². The highest BCUT2D eigenvalue weighted by Gasteiger charge is 2.08. The summed E-state index contributed by atoms with van der Waals surface area (Å²) >= 11 is 5.15. The van der Waals surface area contributed by atoms with Gasteiger partial charge in [0.15, 0.2) is 0 Å². The number of halogens is 1. The van der Waals surface area contributed by atoms with Crippen LogP contribution in [-0.4, -0.2) is 27.5 Å². The summed E-state index contributed by atoms with van der Waals surface area (Å²) in [6.07, 6.45) is 4.03. The van der Waals surface area contributed by atoms with Crippen molar-refractivity contribution in [1.82, 2.24) is 15.2 Å². The average molecular weight is 266 g/mol. The molecular weight excluding hydrogens is 258 g/mol. The topological polar surface area (TPSA) is 78.1 Å². The zero-order valence-electron chi connectivity index (χ0n) is 9.33. The predicted molar refractivity (Wildman–Crippen MR) is 64.0 cm³/mol. The summed E-state index contributed by atoms with van der Waals surface area (Å²) < 4.78 is 10.3. The molecule has 7 heteroatoms. The van der Waals surface area contributed by atoms with Crippen LogP contribution in [0.3, 0.4) is 0 Å². The van der Waals surface area contributed by atoms with E-state index >= 15 is 0 Å². The minimum Gasteiger partial charge on any atom is -0.481 e. The van der Waals surface area contributed by atoms with Gasteiger partial charge in [0, 0.05) is 30.0 Å². The molecule has 0 aliphatic rings. The summed E-state index contributed by atoms with van der Waals surface area (Å²) in [6, 6.07) is 3.37. The Labute approximate surface area is 107 Å². The van der Waals surface area contributed by atoms with E-state index in [0.29, 0.717) is 17.3 Å². The molecule has 0 spiro atoms. The molecule has 0 atom stereocenters. The van der Waals surface area contributed by atoms with Gasteiger partial charge in [-0.1, -0.05) is 0 Å². The van der Waals surface area contributed by atoms with Gasteiger partial charge in [-0.15, -0.1) is 10.2 Å². The third kappa shape index (κ3) is 2.92. The normalized spacial score (nSPS) is 10.8. The Morgan fingerprint density at radius 2 is 2.33 bits per heavy atom. The van der Waals surface area contributed by atoms with Crippen LogP contribution < -0.4 is 4.74 Å². The van der Waals surface area contributed by atoms with Gasteiger partial charge in [-0.25, -0.2) is 4.98 Å². The van der Waals surface area contributed by atoms with Crippen LogP contribution in [-0.2, 0) is 4.79 Å². The van der Waals surface area contributed by atoms with E-state index in [0.717, 1.165) is 6.08 Å². The van der Waals surface area contributed by atoms with E-state index < -0.39 is 5.24 Å². The van der Waals surface area contributed by atoms with Gasteiger partial charge in [0.1, 0.15) is 0 Å². The first-order valence-corrected chi connectivity index (χ1v) is 5.28. The highest BCUT2D eigenvalue weighted by molar-refractivity contribution is 6.66. The fourth-order valence-electron chi connectivity index (χ4n) is 1.21. The molecule has 0 radical (unpaired) electrons. The lowest BCUT2D eigenvalue weighted by molar-refractivity contribution is -0.107. The SMILES string of the molecule is COc1cc(-c2nnc(/C=C/C(=O)Cl)o2)ccn1. The third-order valence-electron chi connectivity index (χ3n) is 1.99. The first kappa shape index (κ1) is 12.3. The van der Waals surface area contributed by atoms with Crippen molar-refractivity contribution in [2.75, 3.05) is 7.11 Å². The quantitative estimate of drug-likeness (QED) is 0.621. The summed E-state index contributed by atoms with van der Waals surface area (Å²) in [5, 5.41) is 6.97. The second kappa shape index (κ2) is 5.42. The van der Waals surface area contributed by atoms with Gasteiger partial charge in [-0.05, 0) is 17.7 Å². The van der Waals surface area contributed by atoms with Crippen molar-refractivity contribution in [3.63, 3.8) is 0 Å². The Morgan fingerprint density at radius 3 is 3.06 bits per heavy atom. The van der Waals surface area contributed by atoms with Crippen LogP contribution in [0.25, 0.3) is 17.5 Å². The number of rotatable bonds is 4. The van der Waals surface area contributed by atoms with Gasteiger partial charge >= 0.3 is 0 Å². The smallest absolute Gasteiger partial charge is 0.248 e. The molecule has 2 aromatic heterocycles. The molecule has 2 rings (SSSR count). The fourth-order valence-corrected chi connectivity index (χ4v) is 1.27. The standard InChI is InChI=1S/C11H8ClN3O3/c1-17-10-6-7(4-5-13-10)11-15-14-9(18-11)3-2-8(12)16/h2-6H,1H3/b3-2+. The molecule has 2 heterocycles. The van der Waals surface area contributed by atoms with E-state index in [1.54, 1.807) is 18.3 Å². The van der Waals surface area contributed by atoms with Crippen LogP contribution >= 0.6 is 11.6 Å². The van der Waals surface area contributed by atoms with E-state index in [4.69, 9.17) is 20.8 Å². The predicted octanol–water partition coefficient (Wildman–Crippen LogP) is 1.92. The minimum absolute atomic E-state index is 0.190. The zero-order valence-corrected chi connectivity index (χ0v) is 10.1. The van der Waals surface area contributed by atoms with Crippen molar-refractivity contribution >= 4 is 22.9 Å². The number of methoxy groups -OCH3 is 1. The lowest BCUT2D eigenvalue weighted by Gasteiger charge is -1.98. The number of nitrogens with zero attached hydrogens (tertiary/aromatic N) is 3. The van der Waals surface area contributed by atoms with E-state index in [9.17, 15) is 4.79 Å². The number of hydrogen-bond acceptors (Lipinski definition) is 6. The number of carbonyl (C=O) groups is 1. The van der Waals surface area contributed by atoms with E-state index in [1.807, 2.05) is 0 Å². The minimum atomic E-state index is -0.611. The largest absolute Gasteiger partial charge is 0.481 e. The molecule has 0 aliphatic heterocycles. The molecule has 0 unspecified atom stereocenters. The molecule has 0 amide bonds. The number of allylic oxidation sites excluding steroid dienone is 1. The number of ether oxygens (including phenoxy) is 1. The summed E-state index contributed by atoms with van der Waals surface area (Å²) in [5.41, 5.74) is 0.672. The summed E-state index contributed by atoms with van der Waals surface area (Å²) in [6.45, 7) is 0. The van der Waals surface area contributed by atoms with E-state index in [2.05, 4.69) is 15.2 Å². The maximum Gasteiger partial charge on any atom is 0.248 e. The second-order valence-electron chi connectivity index (χ2n) is 3.17. The molecule has 92 valence electrons. The summed E-state index contributed by atoms with van der Waals surface area (Å²) in [7, 11) is 1.51. The van der Waals surface area contributed by atoms with Crippen molar-refractivity contribution in [2.45, 2.75) is 0 Å². The maximum atomic E-state index is 10.5. The van der Waals surface area contributed by atoms with Crippen molar-refractivity contribution in [1.29, 1.82) is 0 Å². The molecule has 0 N–H and O–H groups in total. The van der Waals surface area contributed by atoms with Crippen LogP contribution in [0.5, 0.6) is 5.88 Å². The number of aromatic nitrogens is 3. The Morgan fingerprint density at radius 1 is 1.50 bits per heavy atom. The molecule has 0 aromatic carbocycles. The average Bonchev–Trinajstić information content (AvgIpc) is 2.85. The van der Waals surface area contributed by atoms with Crippen LogP contribution in [0.2, 0.25) is 0 Å². The fraction of sp³-hybridized carbons (Fsp3) is 0.0909. The molecule has 0 saturated carbocycles. The van der Waals surface area contributed by atoms with Gasteiger partial charge in [0.2, 0.25) is 22.9 Å². The second-order valence-corrected chi connectivity index (χ2v) is 3.54. The molecule has 0 fully saturated rings. The summed E-state index contributed by atoms with van der Waals surface area (Å²) in [5.74, 6) is 0.936. The van der Waals surface area contributed by atoms with Gasteiger partial charge in [-0.2, -0.15) is 0 Å². The molecule has 2 aromatic rings. The van der Waals surface area contributed by atoms with Crippen LogP contribution in [0.15, 0.2) is 28.8 Å². The van der Waals surface area contributed by atoms with Crippen molar-refractivity contribution < 1.29 is 13.9 Å². The van der Waals surface area contributed by atoms with Crippen molar-refractivity contribution in [3.05, 3.63) is 30.3 Å². The monoisotopic (exact) mass is 265 g/mol. The first-order chi connectivity index (χ1) is 8.69. The molecule has 18 heavy (non-hydrogen) atoms. The van der Waals surface area contributed by atoms with Crippen LogP contribution in [0.1, 0.15) is 5.89 Å². The molecule has 0 aliphatic carbocycles. The molecule has 6 nitrogen and oxygen atoms in total. The number of pyridine rings is 1. The Balaban J connectivity index is 2.26. The highest BCUT2D eigenvalue weighted by atomic mass is 35.5.